The average molecular weight is 934 g/mol. The molecule has 22 N–H and O–H groups in total. The van der Waals surface area contributed by atoms with Crippen molar-refractivity contribution < 1.29 is 38.7 Å². The summed E-state index contributed by atoms with van der Waals surface area (Å²) in [6.45, 7) is 1.78. The summed E-state index contributed by atoms with van der Waals surface area (Å²) in [6, 6.07) is -7.31. The molecule has 0 radical (unpaired) electrons. The molecule has 27 nitrogen and oxygen atoms in total. The second-order valence-electron chi connectivity index (χ2n) is 16.4. The predicted molar refractivity (Wildman–Crippen MR) is 245 cm³/mol. The van der Waals surface area contributed by atoms with E-state index in [4.69, 9.17) is 45.9 Å². The quantitative estimate of drug-likeness (QED) is 0.0207. The van der Waals surface area contributed by atoms with Crippen molar-refractivity contribution in [2.75, 3.05) is 45.8 Å². The Morgan fingerprint density at radius 3 is 1.29 bits per heavy atom. The van der Waals surface area contributed by atoms with Gasteiger partial charge in [-0.25, -0.2) is 4.79 Å². The molecule has 6 amide bonds. The molecule has 0 saturated carbocycles. The van der Waals surface area contributed by atoms with E-state index in [1.165, 1.54) is 4.90 Å². The second-order valence-corrected chi connectivity index (χ2v) is 16.4. The second kappa shape index (κ2) is 27.6. The van der Waals surface area contributed by atoms with Crippen LogP contribution < -0.4 is 72.5 Å². The van der Waals surface area contributed by atoms with Crippen LogP contribution in [0, 0.1) is 0 Å². The largest absolute Gasteiger partial charge is 0.480 e. The number of carbonyl (C=O) groups is 7. The number of nitrogens with zero attached hydrogens (tertiary/aromatic N) is 6. The lowest BCUT2D eigenvalue weighted by Crippen LogP contribution is -2.59. The molecular weight excluding hydrogens is 863 g/mol. The van der Waals surface area contributed by atoms with Crippen molar-refractivity contribution in [1.82, 2.24) is 36.4 Å². The number of guanidine groups is 4. The minimum atomic E-state index is -1.37. The van der Waals surface area contributed by atoms with Gasteiger partial charge in [-0.3, -0.25) is 48.7 Å². The van der Waals surface area contributed by atoms with Crippen LogP contribution in [0.2, 0.25) is 0 Å². The zero-order valence-electron chi connectivity index (χ0n) is 37.5. The number of carboxylic acid groups (broad SMARTS) is 1. The highest BCUT2D eigenvalue weighted by Gasteiger charge is 2.44. The maximum atomic E-state index is 14.2. The summed E-state index contributed by atoms with van der Waals surface area (Å²) in [5.41, 5.74) is 43.7. The molecule has 3 aliphatic rings. The minimum absolute atomic E-state index is 0.00619. The molecule has 0 unspecified atom stereocenters. The number of aliphatic carboxylic acids is 1. The third kappa shape index (κ3) is 18.1. The van der Waals surface area contributed by atoms with Gasteiger partial charge in [0.15, 0.2) is 23.8 Å². The van der Waals surface area contributed by atoms with Crippen LogP contribution in [0.5, 0.6) is 0 Å². The molecule has 0 aliphatic carbocycles. The first-order valence-electron chi connectivity index (χ1n) is 22.4. The van der Waals surface area contributed by atoms with Gasteiger partial charge in [-0.05, 0) is 96.4 Å². The van der Waals surface area contributed by atoms with Crippen molar-refractivity contribution in [3.05, 3.63) is 0 Å². The first kappa shape index (κ1) is 53.7. The number of carbonyl (C=O) groups excluding carboxylic acids is 6. The lowest BCUT2D eigenvalue weighted by Gasteiger charge is -2.32. The van der Waals surface area contributed by atoms with E-state index in [-0.39, 0.29) is 126 Å². The molecule has 27 heteroatoms. The number of rotatable bonds is 27. The lowest BCUT2D eigenvalue weighted by molar-refractivity contribution is -0.147. The van der Waals surface area contributed by atoms with E-state index in [1.807, 2.05) is 0 Å². The fourth-order valence-corrected chi connectivity index (χ4v) is 8.04. The molecule has 0 aromatic carbocycles. The molecule has 0 aromatic rings. The first-order valence-corrected chi connectivity index (χ1v) is 22.4. The van der Waals surface area contributed by atoms with Crippen LogP contribution in [-0.2, 0) is 33.6 Å². The molecular formula is C39H71N19O8. The van der Waals surface area contributed by atoms with Crippen LogP contribution in [0.25, 0.3) is 0 Å². The molecule has 0 bridgehead atoms. The Labute approximate surface area is 383 Å². The van der Waals surface area contributed by atoms with E-state index < -0.39 is 65.8 Å². The number of likely N-dealkylation sites (tertiary alicyclic amines) is 2. The predicted octanol–water partition coefficient (Wildman–Crippen LogP) is -6.04. The maximum absolute atomic E-state index is 14.2. The fourth-order valence-electron chi connectivity index (χ4n) is 8.04. The highest BCUT2D eigenvalue weighted by Crippen LogP contribution is 2.27. The summed E-state index contributed by atoms with van der Waals surface area (Å²) in [5, 5.41) is 23.6. The third-order valence-corrected chi connectivity index (χ3v) is 11.3. The molecule has 3 heterocycles. The van der Waals surface area contributed by atoms with E-state index in [0.717, 1.165) is 13.0 Å². The van der Waals surface area contributed by atoms with Gasteiger partial charge in [0, 0.05) is 39.3 Å². The SMILES string of the molecule is NC(N)=NCCC[C@H](NC(=O)[C@H](CCCN=C(N)N)NC(=O)[C@H](CCCN=C(N)N)NC(=O)[C@H](CCCN=C(N)N)NC(=O)[C@@H]1CCCN1C(=O)[C@@H]1CCCN1C(=O)[C@@H]1CCCN1)C(=O)O. The first-order chi connectivity index (χ1) is 31.4. The number of aliphatic imine (C=N–C) groups is 4. The summed E-state index contributed by atoms with van der Waals surface area (Å²) < 4.78 is 0. The van der Waals surface area contributed by atoms with Crippen molar-refractivity contribution >= 4 is 65.3 Å². The van der Waals surface area contributed by atoms with Crippen LogP contribution in [0.1, 0.15) is 89.9 Å². The van der Waals surface area contributed by atoms with Gasteiger partial charge in [-0.1, -0.05) is 0 Å². The summed E-state index contributed by atoms with van der Waals surface area (Å²) in [7, 11) is 0. The number of amides is 6. The van der Waals surface area contributed by atoms with Crippen molar-refractivity contribution in [1.29, 1.82) is 0 Å². The minimum Gasteiger partial charge on any atom is -0.480 e. The van der Waals surface area contributed by atoms with Crippen molar-refractivity contribution in [3.63, 3.8) is 0 Å². The lowest BCUT2D eigenvalue weighted by atomic mass is 10.0. The van der Waals surface area contributed by atoms with E-state index in [9.17, 15) is 38.7 Å². The Balaban J connectivity index is 1.85. The van der Waals surface area contributed by atoms with Crippen LogP contribution in [0.3, 0.4) is 0 Å². The third-order valence-electron chi connectivity index (χ3n) is 11.3. The molecule has 370 valence electrons. The zero-order valence-corrected chi connectivity index (χ0v) is 37.5. The van der Waals surface area contributed by atoms with Gasteiger partial charge in [0.25, 0.3) is 0 Å². The van der Waals surface area contributed by atoms with Crippen molar-refractivity contribution in [2.45, 2.75) is 132 Å². The topological polar surface area (TPSA) is 464 Å². The van der Waals surface area contributed by atoms with E-state index in [0.29, 0.717) is 38.6 Å². The normalized spacial score (nSPS) is 19.5. The number of carboxylic acids is 1. The summed E-state index contributed by atoms with van der Waals surface area (Å²) >= 11 is 0. The summed E-state index contributed by atoms with van der Waals surface area (Å²) in [6.07, 6.45) is 4.12. The molecule has 3 rings (SSSR count). The Morgan fingerprint density at radius 2 is 0.894 bits per heavy atom. The van der Waals surface area contributed by atoms with Gasteiger partial charge in [-0.15, -0.1) is 0 Å². The highest BCUT2D eigenvalue weighted by molar-refractivity contribution is 5.97. The molecule has 66 heavy (non-hydrogen) atoms. The van der Waals surface area contributed by atoms with Gasteiger partial charge in [-0.2, -0.15) is 0 Å². The average Bonchev–Trinajstić information content (AvgIpc) is 4.07. The van der Waals surface area contributed by atoms with Gasteiger partial charge in [0.2, 0.25) is 35.4 Å². The van der Waals surface area contributed by atoms with Gasteiger partial charge in [0.05, 0.1) is 6.04 Å². The van der Waals surface area contributed by atoms with Crippen LogP contribution in [-0.4, -0.2) is 168 Å². The smallest absolute Gasteiger partial charge is 0.326 e. The standard InChI is InChI=1S/C39H71N19O8/c40-36(41)49-16-1-8-22(29(59)54-23(9-2-17-50-37(42)43)31(61)56-26(35(65)66)12-5-19-52-39(46)47)53-30(60)24(10-3-18-51-38(44)45)55-32(62)27-13-6-20-57(27)34(64)28-14-7-21-58(28)33(63)25-11-4-15-48-25/h22-28,48H,1-21H2,(H,53,60)(H,54,59)(H,55,62)(H,56,61)(H,65,66)(H4,40,41,49)(H4,42,43,50)(H4,44,45,51)(H4,46,47,52)/t22-,23-,24-,25-,26-,27-,28-/m0/s1. The van der Waals surface area contributed by atoms with Crippen LogP contribution >= 0.6 is 0 Å². The Bertz CT molecular complexity index is 1790. The molecule has 3 aliphatic heterocycles. The molecule has 3 saturated heterocycles. The van der Waals surface area contributed by atoms with Gasteiger partial charge < -0.3 is 87.4 Å². The van der Waals surface area contributed by atoms with Gasteiger partial charge in [0.1, 0.15) is 36.3 Å². The Hall–Kier alpha value is -6.67. The molecule has 0 aromatic heterocycles. The van der Waals surface area contributed by atoms with E-state index >= 15 is 0 Å². The number of nitrogens with one attached hydrogen (secondary N) is 5. The van der Waals surface area contributed by atoms with E-state index in [2.05, 4.69) is 46.6 Å². The number of hydrogen-bond acceptors (Lipinski definition) is 12. The molecule has 7 atom stereocenters. The summed E-state index contributed by atoms with van der Waals surface area (Å²) in [4.78, 5) is 114. The molecule has 3 fully saturated rings. The Kier molecular flexibility index (Phi) is 22.5. The van der Waals surface area contributed by atoms with E-state index in [1.54, 1.807) is 4.90 Å². The monoisotopic (exact) mass is 934 g/mol. The Morgan fingerprint density at radius 1 is 0.515 bits per heavy atom. The summed E-state index contributed by atoms with van der Waals surface area (Å²) in [5.74, 6) is -5.61. The fraction of sp³-hybridized carbons (Fsp3) is 0.718. The van der Waals surface area contributed by atoms with Crippen LogP contribution in [0.15, 0.2) is 20.0 Å². The maximum Gasteiger partial charge on any atom is 0.326 e. The van der Waals surface area contributed by atoms with Crippen LogP contribution in [0.4, 0.5) is 0 Å². The number of hydrogen-bond donors (Lipinski definition) is 14. The van der Waals surface area contributed by atoms with Crippen molar-refractivity contribution in [2.24, 2.45) is 65.8 Å². The molecule has 0 spiro atoms. The van der Waals surface area contributed by atoms with Crippen molar-refractivity contribution in [3.8, 4) is 0 Å². The van der Waals surface area contributed by atoms with Gasteiger partial charge >= 0.3 is 5.97 Å². The highest BCUT2D eigenvalue weighted by atomic mass is 16.4. The number of nitrogens with two attached hydrogens (primary N) is 8. The zero-order chi connectivity index (χ0) is 48.8.